The Morgan fingerprint density at radius 2 is 1.81 bits per heavy atom. The summed E-state index contributed by atoms with van der Waals surface area (Å²) in [5.74, 6) is 0.609. The number of methoxy groups -OCH3 is 1. The lowest BCUT2D eigenvalue weighted by Crippen LogP contribution is -2.21. The first-order valence-electron chi connectivity index (χ1n) is 9.91. The molecule has 0 N–H and O–H groups in total. The summed E-state index contributed by atoms with van der Waals surface area (Å²) in [5.41, 5.74) is 6.73. The molecule has 0 fully saturated rings. The van der Waals surface area contributed by atoms with Gasteiger partial charge in [-0.1, -0.05) is 6.07 Å². The number of nitrogens with zero attached hydrogens (tertiary/aromatic N) is 6. The predicted octanol–water partition coefficient (Wildman–Crippen LogP) is 3.30. The van der Waals surface area contributed by atoms with Gasteiger partial charge < -0.3 is 4.74 Å². The van der Waals surface area contributed by atoms with Gasteiger partial charge in [0.25, 0.3) is 0 Å². The van der Waals surface area contributed by atoms with E-state index >= 15 is 0 Å². The molecule has 0 amide bonds. The van der Waals surface area contributed by atoms with Crippen LogP contribution in [0.15, 0.2) is 47.7 Å². The molecule has 1 aromatic carbocycles. The molecule has 0 radical (unpaired) electrons. The maximum atomic E-state index is 13.2. The van der Waals surface area contributed by atoms with Gasteiger partial charge in [0, 0.05) is 43.0 Å². The van der Waals surface area contributed by atoms with E-state index in [1.807, 2.05) is 45.3 Å². The first-order chi connectivity index (χ1) is 14.9. The molecule has 8 heteroatoms. The van der Waals surface area contributed by atoms with E-state index in [1.54, 1.807) is 40.4 Å². The number of benzene rings is 1. The summed E-state index contributed by atoms with van der Waals surface area (Å²) in [6, 6.07) is 8.10. The van der Waals surface area contributed by atoms with Gasteiger partial charge in [-0.05, 0) is 37.6 Å². The summed E-state index contributed by atoms with van der Waals surface area (Å²) in [7, 11) is 5.23. The van der Waals surface area contributed by atoms with Crippen molar-refractivity contribution in [1.29, 1.82) is 0 Å². The van der Waals surface area contributed by atoms with E-state index in [2.05, 4.69) is 21.1 Å². The van der Waals surface area contributed by atoms with Gasteiger partial charge in [0.15, 0.2) is 0 Å². The van der Waals surface area contributed by atoms with Crippen LogP contribution in [0.4, 0.5) is 0 Å². The molecule has 5 aromatic rings. The summed E-state index contributed by atoms with van der Waals surface area (Å²) in [6.45, 7) is 3.87. The van der Waals surface area contributed by atoms with Crippen molar-refractivity contribution in [2.24, 2.45) is 14.1 Å². The molecule has 5 rings (SSSR count). The Bertz CT molecular complexity index is 1540. The van der Waals surface area contributed by atoms with Crippen LogP contribution >= 0.6 is 0 Å². The zero-order valence-corrected chi connectivity index (χ0v) is 18.0. The maximum Gasteiger partial charge on any atom is 0.333 e. The van der Waals surface area contributed by atoms with E-state index in [-0.39, 0.29) is 5.69 Å². The van der Waals surface area contributed by atoms with Gasteiger partial charge in [0.2, 0.25) is 5.88 Å². The van der Waals surface area contributed by atoms with Gasteiger partial charge in [-0.25, -0.2) is 9.78 Å². The number of ether oxygens (including phenoxy) is 1. The lowest BCUT2D eigenvalue weighted by Gasteiger charge is -2.09. The lowest BCUT2D eigenvalue weighted by atomic mass is 10.0. The highest BCUT2D eigenvalue weighted by molar-refractivity contribution is 6.04. The van der Waals surface area contributed by atoms with E-state index in [1.165, 1.54) is 0 Å². The molecule has 8 nitrogen and oxygen atoms in total. The molecule has 4 heterocycles. The molecular formula is C23H22N6O2. The van der Waals surface area contributed by atoms with Crippen LogP contribution in [-0.2, 0) is 14.1 Å². The van der Waals surface area contributed by atoms with Crippen LogP contribution in [0, 0.1) is 13.8 Å². The van der Waals surface area contributed by atoms with Crippen molar-refractivity contribution >= 4 is 21.9 Å². The molecule has 0 unspecified atom stereocenters. The zero-order chi connectivity index (χ0) is 21.9. The van der Waals surface area contributed by atoms with E-state index in [9.17, 15) is 4.79 Å². The second-order valence-corrected chi connectivity index (χ2v) is 7.72. The smallest absolute Gasteiger partial charge is 0.333 e. The fourth-order valence-electron chi connectivity index (χ4n) is 4.14. The number of hydrogen-bond donors (Lipinski definition) is 0. The number of rotatable bonds is 3. The second kappa shape index (κ2) is 6.80. The summed E-state index contributed by atoms with van der Waals surface area (Å²) in [5, 5.41) is 5.32. The minimum Gasteiger partial charge on any atom is -0.481 e. The standard InChI is InChI=1S/C23H22N6O2/c1-13-8-16(10-25-22(13)31-5)15-6-7-18-17(9-15)21-19(11-24-18)28(4)23(30)29(21)20-12-27(3)26-14(20)2/h6-12H,1-5H3. The Labute approximate surface area is 178 Å². The van der Waals surface area contributed by atoms with E-state index in [4.69, 9.17) is 4.74 Å². The molecular weight excluding hydrogens is 392 g/mol. The van der Waals surface area contributed by atoms with Gasteiger partial charge in [-0.3, -0.25) is 18.8 Å². The molecule has 0 aliphatic carbocycles. The Morgan fingerprint density at radius 3 is 2.48 bits per heavy atom. The van der Waals surface area contributed by atoms with Gasteiger partial charge in [-0.15, -0.1) is 0 Å². The Balaban J connectivity index is 1.84. The van der Waals surface area contributed by atoms with E-state index in [0.717, 1.165) is 50.0 Å². The predicted molar refractivity (Wildman–Crippen MR) is 120 cm³/mol. The Kier molecular flexibility index (Phi) is 4.18. The van der Waals surface area contributed by atoms with Crippen molar-refractivity contribution in [2.75, 3.05) is 7.11 Å². The summed E-state index contributed by atoms with van der Waals surface area (Å²) < 4.78 is 10.4. The zero-order valence-electron chi connectivity index (χ0n) is 18.0. The van der Waals surface area contributed by atoms with Crippen molar-refractivity contribution in [3.05, 3.63) is 64.6 Å². The highest BCUT2D eigenvalue weighted by atomic mass is 16.5. The largest absolute Gasteiger partial charge is 0.481 e. The highest BCUT2D eigenvalue weighted by Crippen LogP contribution is 2.31. The van der Waals surface area contributed by atoms with Crippen LogP contribution in [0.1, 0.15) is 11.3 Å². The van der Waals surface area contributed by atoms with Crippen molar-refractivity contribution < 1.29 is 4.74 Å². The maximum absolute atomic E-state index is 13.2. The third kappa shape index (κ3) is 2.83. The number of imidazole rings is 1. The van der Waals surface area contributed by atoms with Gasteiger partial charge in [0.1, 0.15) is 0 Å². The molecule has 31 heavy (non-hydrogen) atoms. The molecule has 0 saturated heterocycles. The Hall–Kier alpha value is -3.94. The summed E-state index contributed by atoms with van der Waals surface area (Å²) in [6.07, 6.45) is 5.41. The molecule has 4 aromatic heterocycles. The minimum absolute atomic E-state index is 0.132. The molecule has 0 aliphatic heterocycles. The van der Waals surface area contributed by atoms with Gasteiger partial charge in [0.05, 0.1) is 41.2 Å². The second-order valence-electron chi connectivity index (χ2n) is 7.72. The fourth-order valence-corrected chi connectivity index (χ4v) is 4.14. The van der Waals surface area contributed by atoms with Crippen molar-refractivity contribution in [3.63, 3.8) is 0 Å². The molecule has 156 valence electrons. The van der Waals surface area contributed by atoms with Crippen LogP contribution in [0.25, 0.3) is 38.8 Å². The van der Waals surface area contributed by atoms with Gasteiger partial charge >= 0.3 is 5.69 Å². The van der Waals surface area contributed by atoms with Crippen LogP contribution in [-0.4, -0.2) is 36.0 Å². The number of pyridine rings is 2. The first kappa shape index (κ1) is 19.0. The molecule has 0 atom stereocenters. The van der Waals surface area contributed by atoms with Crippen molar-refractivity contribution in [1.82, 2.24) is 28.9 Å². The fraction of sp³-hybridized carbons (Fsp3) is 0.217. The molecule has 0 saturated carbocycles. The van der Waals surface area contributed by atoms with Crippen LogP contribution in [0.3, 0.4) is 0 Å². The first-order valence-corrected chi connectivity index (χ1v) is 9.91. The SMILES string of the molecule is COc1ncc(-c2ccc3ncc4c(c3c2)n(-c2cn(C)nc2C)c(=O)n4C)cc1C. The van der Waals surface area contributed by atoms with Crippen molar-refractivity contribution in [3.8, 4) is 22.7 Å². The quantitative estimate of drug-likeness (QED) is 0.453. The summed E-state index contributed by atoms with van der Waals surface area (Å²) >= 11 is 0. The molecule has 0 aliphatic rings. The highest BCUT2D eigenvalue weighted by Gasteiger charge is 2.19. The third-order valence-electron chi connectivity index (χ3n) is 5.67. The molecule has 0 bridgehead atoms. The average Bonchev–Trinajstić information content (AvgIpc) is 3.22. The van der Waals surface area contributed by atoms with E-state index < -0.39 is 0 Å². The van der Waals surface area contributed by atoms with Crippen LogP contribution in [0.2, 0.25) is 0 Å². The number of hydrogen-bond acceptors (Lipinski definition) is 5. The monoisotopic (exact) mass is 414 g/mol. The minimum atomic E-state index is -0.132. The van der Waals surface area contributed by atoms with Gasteiger partial charge in [-0.2, -0.15) is 5.10 Å². The van der Waals surface area contributed by atoms with Crippen LogP contribution < -0.4 is 10.4 Å². The normalized spacial score (nSPS) is 11.5. The van der Waals surface area contributed by atoms with Crippen LogP contribution in [0.5, 0.6) is 5.88 Å². The summed E-state index contributed by atoms with van der Waals surface area (Å²) in [4.78, 5) is 22.2. The number of fused-ring (bicyclic) bond motifs is 3. The lowest BCUT2D eigenvalue weighted by molar-refractivity contribution is 0.394. The average molecular weight is 414 g/mol. The van der Waals surface area contributed by atoms with Crippen molar-refractivity contribution in [2.45, 2.75) is 13.8 Å². The number of aromatic nitrogens is 6. The Morgan fingerprint density at radius 1 is 1.00 bits per heavy atom. The molecule has 0 spiro atoms. The third-order valence-corrected chi connectivity index (χ3v) is 5.67. The number of aryl methyl sites for hydroxylation is 4. The van der Waals surface area contributed by atoms with E-state index in [0.29, 0.717) is 5.88 Å². The topological polar surface area (TPSA) is 79.8 Å².